The number of nitrogens with zero attached hydrogens (tertiary/aromatic N) is 1. The van der Waals surface area contributed by atoms with Crippen LogP contribution < -0.4 is 5.73 Å². The Labute approximate surface area is 81.9 Å². The Hall–Kier alpha value is -0.670. The standard InChI is InChI=1S/C9H12ClFN2/c1-5(2)9(12)6-3-8(10)13-4-7(6)11/h3-5,9H,12H2,1-2H3. The van der Waals surface area contributed by atoms with E-state index in [1.54, 1.807) is 0 Å². The van der Waals surface area contributed by atoms with Crippen molar-refractivity contribution < 1.29 is 4.39 Å². The van der Waals surface area contributed by atoms with Gasteiger partial charge < -0.3 is 5.73 Å². The first-order chi connectivity index (χ1) is 6.02. The second-order valence-corrected chi connectivity index (χ2v) is 3.69. The van der Waals surface area contributed by atoms with E-state index < -0.39 is 5.82 Å². The van der Waals surface area contributed by atoms with Crippen molar-refractivity contribution >= 4 is 11.6 Å². The molecule has 2 N–H and O–H groups in total. The lowest BCUT2D eigenvalue weighted by molar-refractivity contribution is 0.483. The minimum absolute atomic E-state index is 0.174. The van der Waals surface area contributed by atoms with Crippen molar-refractivity contribution in [1.29, 1.82) is 0 Å². The molecular formula is C9H12ClFN2. The Balaban J connectivity index is 3.05. The zero-order valence-corrected chi connectivity index (χ0v) is 8.35. The fourth-order valence-electron chi connectivity index (χ4n) is 1.04. The molecule has 0 saturated carbocycles. The summed E-state index contributed by atoms with van der Waals surface area (Å²) in [5, 5.41) is 0.271. The van der Waals surface area contributed by atoms with E-state index in [0.29, 0.717) is 5.56 Å². The zero-order chi connectivity index (χ0) is 10.0. The van der Waals surface area contributed by atoms with Gasteiger partial charge in [-0.2, -0.15) is 0 Å². The van der Waals surface area contributed by atoms with E-state index in [9.17, 15) is 4.39 Å². The molecule has 1 aromatic heterocycles. The summed E-state index contributed by atoms with van der Waals surface area (Å²) in [6, 6.07) is 1.14. The molecule has 0 saturated heterocycles. The fourth-order valence-corrected chi connectivity index (χ4v) is 1.21. The van der Waals surface area contributed by atoms with Gasteiger partial charge in [0.2, 0.25) is 0 Å². The first-order valence-corrected chi connectivity index (χ1v) is 4.46. The molecule has 1 aromatic rings. The zero-order valence-electron chi connectivity index (χ0n) is 7.59. The van der Waals surface area contributed by atoms with Gasteiger partial charge in [-0.05, 0) is 12.0 Å². The maximum absolute atomic E-state index is 13.2. The normalized spacial score (nSPS) is 13.4. The summed E-state index contributed by atoms with van der Waals surface area (Å²) in [6.45, 7) is 3.86. The summed E-state index contributed by atoms with van der Waals surface area (Å²) in [5.41, 5.74) is 6.21. The van der Waals surface area contributed by atoms with E-state index in [-0.39, 0.29) is 17.1 Å². The second kappa shape index (κ2) is 4.03. The number of rotatable bonds is 2. The van der Waals surface area contributed by atoms with Crippen molar-refractivity contribution in [2.24, 2.45) is 11.7 Å². The van der Waals surface area contributed by atoms with Gasteiger partial charge in [-0.3, -0.25) is 0 Å². The lowest BCUT2D eigenvalue weighted by Gasteiger charge is -2.16. The number of pyridine rings is 1. The van der Waals surface area contributed by atoms with Crippen molar-refractivity contribution in [3.8, 4) is 0 Å². The average molecular weight is 203 g/mol. The molecule has 2 nitrogen and oxygen atoms in total. The van der Waals surface area contributed by atoms with Crippen LogP contribution in [0.2, 0.25) is 5.15 Å². The topological polar surface area (TPSA) is 38.9 Å². The Morgan fingerprint density at radius 1 is 1.54 bits per heavy atom. The molecule has 72 valence electrons. The molecule has 0 bridgehead atoms. The maximum atomic E-state index is 13.2. The highest BCUT2D eigenvalue weighted by Crippen LogP contribution is 2.23. The summed E-state index contributed by atoms with van der Waals surface area (Å²) < 4.78 is 13.2. The summed E-state index contributed by atoms with van der Waals surface area (Å²) in [6.07, 6.45) is 1.10. The van der Waals surface area contributed by atoms with Crippen LogP contribution >= 0.6 is 11.6 Å². The van der Waals surface area contributed by atoms with Crippen LogP contribution in [0.25, 0.3) is 0 Å². The molecule has 1 atom stereocenters. The van der Waals surface area contributed by atoms with Crippen LogP contribution in [0.3, 0.4) is 0 Å². The molecule has 1 unspecified atom stereocenters. The van der Waals surface area contributed by atoms with E-state index in [2.05, 4.69) is 4.98 Å². The minimum Gasteiger partial charge on any atom is -0.324 e. The van der Waals surface area contributed by atoms with Crippen LogP contribution in [-0.2, 0) is 0 Å². The molecule has 0 radical (unpaired) electrons. The van der Waals surface area contributed by atoms with Crippen LogP contribution in [0.1, 0.15) is 25.5 Å². The summed E-state index contributed by atoms with van der Waals surface area (Å²) >= 11 is 5.63. The molecule has 0 amide bonds. The van der Waals surface area contributed by atoms with Crippen LogP contribution in [0, 0.1) is 11.7 Å². The lowest BCUT2D eigenvalue weighted by Crippen LogP contribution is -2.18. The van der Waals surface area contributed by atoms with Crippen LogP contribution in [0.15, 0.2) is 12.3 Å². The van der Waals surface area contributed by atoms with Crippen molar-refractivity contribution in [2.75, 3.05) is 0 Å². The van der Waals surface area contributed by atoms with Crippen LogP contribution in [0.5, 0.6) is 0 Å². The molecule has 0 aliphatic rings. The summed E-state index contributed by atoms with van der Waals surface area (Å²) in [4.78, 5) is 3.62. The minimum atomic E-state index is -0.398. The lowest BCUT2D eigenvalue weighted by atomic mass is 9.98. The van der Waals surface area contributed by atoms with Gasteiger partial charge in [0.15, 0.2) is 0 Å². The molecule has 1 rings (SSSR count). The Morgan fingerprint density at radius 2 is 2.15 bits per heavy atom. The van der Waals surface area contributed by atoms with E-state index in [1.165, 1.54) is 6.07 Å². The summed E-state index contributed by atoms with van der Waals surface area (Å²) in [7, 11) is 0. The molecule has 0 aliphatic heterocycles. The maximum Gasteiger partial charge on any atom is 0.146 e. The number of nitrogens with two attached hydrogens (primary N) is 1. The third-order valence-corrected chi connectivity index (χ3v) is 2.14. The Kier molecular flexibility index (Phi) is 3.22. The van der Waals surface area contributed by atoms with Gasteiger partial charge in [0, 0.05) is 11.6 Å². The molecule has 0 spiro atoms. The smallest absolute Gasteiger partial charge is 0.146 e. The van der Waals surface area contributed by atoms with Crippen LogP contribution in [0.4, 0.5) is 4.39 Å². The second-order valence-electron chi connectivity index (χ2n) is 3.30. The third-order valence-electron chi connectivity index (χ3n) is 1.93. The molecule has 0 fully saturated rings. The molecule has 0 aliphatic carbocycles. The molecular weight excluding hydrogens is 191 g/mol. The predicted molar refractivity (Wildman–Crippen MR) is 51.0 cm³/mol. The van der Waals surface area contributed by atoms with Gasteiger partial charge in [-0.25, -0.2) is 9.37 Å². The molecule has 4 heteroatoms. The van der Waals surface area contributed by atoms with Gasteiger partial charge in [0.25, 0.3) is 0 Å². The SMILES string of the molecule is CC(C)C(N)c1cc(Cl)ncc1F. The summed E-state index contributed by atoms with van der Waals surface area (Å²) in [5.74, 6) is -0.224. The number of hydrogen-bond acceptors (Lipinski definition) is 2. The highest BCUT2D eigenvalue weighted by Gasteiger charge is 2.15. The number of hydrogen-bond donors (Lipinski definition) is 1. The van der Waals surface area contributed by atoms with E-state index in [4.69, 9.17) is 17.3 Å². The van der Waals surface area contributed by atoms with Gasteiger partial charge in [0.05, 0.1) is 6.20 Å². The van der Waals surface area contributed by atoms with Gasteiger partial charge >= 0.3 is 0 Å². The fraction of sp³-hybridized carbons (Fsp3) is 0.444. The molecule has 1 heterocycles. The highest BCUT2D eigenvalue weighted by molar-refractivity contribution is 6.29. The first kappa shape index (κ1) is 10.4. The van der Waals surface area contributed by atoms with E-state index in [0.717, 1.165) is 6.20 Å². The van der Waals surface area contributed by atoms with E-state index >= 15 is 0 Å². The number of aromatic nitrogens is 1. The predicted octanol–water partition coefficient (Wildman–Crippen LogP) is 2.53. The van der Waals surface area contributed by atoms with Gasteiger partial charge in [0.1, 0.15) is 11.0 Å². The highest BCUT2D eigenvalue weighted by atomic mass is 35.5. The Bertz CT molecular complexity index is 302. The average Bonchev–Trinajstić information content (AvgIpc) is 2.08. The number of halogens is 2. The first-order valence-electron chi connectivity index (χ1n) is 4.09. The quantitative estimate of drug-likeness (QED) is 0.749. The largest absolute Gasteiger partial charge is 0.324 e. The van der Waals surface area contributed by atoms with E-state index in [1.807, 2.05) is 13.8 Å². The van der Waals surface area contributed by atoms with Crippen molar-refractivity contribution in [3.05, 3.63) is 28.8 Å². The molecule has 0 aromatic carbocycles. The third kappa shape index (κ3) is 2.39. The molecule has 13 heavy (non-hydrogen) atoms. The monoisotopic (exact) mass is 202 g/mol. The van der Waals surface area contributed by atoms with Gasteiger partial charge in [-0.15, -0.1) is 0 Å². The van der Waals surface area contributed by atoms with Crippen LogP contribution in [-0.4, -0.2) is 4.98 Å². The van der Waals surface area contributed by atoms with Crippen molar-refractivity contribution in [3.63, 3.8) is 0 Å². The Morgan fingerprint density at radius 3 is 2.69 bits per heavy atom. The van der Waals surface area contributed by atoms with Crippen molar-refractivity contribution in [1.82, 2.24) is 4.98 Å². The van der Waals surface area contributed by atoms with Crippen molar-refractivity contribution in [2.45, 2.75) is 19.9 Å². The van der Waals surface area contributed by atoms with Gasteiger partial charge in [-0.1, -0.05) is 25.4 Å².